The van der Waals surface area contributed by atoms with Crippen LogP contribution in [-0.4, -0.2) is 35.4 Å². The molecule has 2 aromatic carbocycles. The number of carbonyl (C=O) groups is 3. The highest BCUT2D eigenvalue weighted by Gasteiger charge is 2.18. The Hall–Kier alpha value is -2.87. The van der Waals surface area contributed by atoms with E-state index in [2.05, 4.69) is 24.5 Å². The minimum Gasteiger partial charge on any atom is -0.455 e. The summed E-state index contributed by atoms with van der Waals surface area (Å²) in [5.41, 5.74) is 2.30. The largest absolute Gasteiger partial charge is 0.455 e. The Balaban J connectivity index is 1.70. The predicted octanol–water partition coefficient (Wildman–Crippen LogP) is 4.58. The molecule has 0 heterocycles. The fourth-order valence-corrected chi connectivity index (χ4v) is 3.26. The first-order valence-corrected chi connectivity index (χ1v) is 11.1. The van der Waals surface area contributed by atoms with Crippen LogP contribution in [-0.2, 0) is 19.1 Å². The number of thioether (sulfide) groups is 1. The maximum Gasteiger partial charge on any atom is 0.319 e. The summed E-state index contributed by atoms with van der Waals surface area (Å²) < 4.78 is 17.9. The van der Waals surface area contributed by atoms with E-state index in [0.29, 0.717) is 17.3 Å². The van der Waals surface area contributed by atoms with Crippen molar-refractivity contribution in [3.8, 4) is 0 Å². The van der Waals surface area contributed by atoms with Gasteiger partial charge in [-0.1, -0.05) is 26.0 Å². The average molecular weight is 447 g/mol. The number of rotatable bonds is 10. The molecule has 2 unspecified atom stereocenters. The first kappa shape index (κ1) is 24.4. The predicted molar refractivity (Wildman–Crippen MR) is 122 cm³/mol. The summed E-state index contributed by atoms with van der Waals surface area (Å²) in [6.45, 7) is 5.45. The van der Waals surface area contributed by atoms with Gasteiger partial charge in [-0.25, -0.2) is 4.39 Å². The van der Waals surface area contributed by atoms with Gasteiger partial charge in [-0.3, -0.25) is 14.4 Å². The lowest BCUT2D eigenvalue weighted by molar-refractivity contribution is -0.146. The number of hydrogen-bond donors (Lipinski definition) is 2. The van der Waals surface area contributed by atoms with E-state index < -0.39 is 29.6 Å². The molecule has 0 aromatic heterocycles. The van der Waals surface area contributed by atoms with Crippen molar-refractivity contribution in [2.45, 2.75) is 38.4 Å². The first-order chi connectivity index (χ1) is 14.8. The summed E-state index contributed by atoms with van der Waals surface area (Å²) in [5, 5.41) is 4.68. The van der Waals surface area contributed by atoms with Crippen molar-refractivity contribution in [1.29, 1.82) is 0 Å². The van der Waals surface area contributed by atoms with Crippen LogP contribution in [0.5, 0.6) is 0 Å². The molecule has 0 aliphatic rings. The summed E-state index contributed by atoms with van der Waals surface area (Å²) in [7, 11) is 0. The molecule has 2 amide bonds. The van der Waals surface area contributed by atoms with E-state index in [4.69, 9.17) is 4.74 Å². The third kappa shape index (κ3) is 8.41. The fraction of sp³-hybridized carbons (Fsp3) is 0.348. The van der Waals surface area contributed by atoms with E-state index in [1.165, 1.54) is 29.8 Å². The minimum absolute atomic E-state index is 0.0162. The van der Waals surface area contributed by atoms with Gasteiger partial charge in [0.15, 0.2) is 6.61 Å². The second-order valence-electron chi connectivity index (χ2n) is 7.10. The van der Waals surface area contributed by atoms with Crippen molar-refractivity contribution in [1.82, 2.24) is 0 Å². The summed E-state index contributed by atoms with van der Waals surface area (Å²) in [6, 6.07) is 13.0. The lowest BCUT2D eigenvalue weighted by atomic mass is 9.99. The molecular formula is C23H27FN2O4S. The van der Waals surface area contributed by atoms with Crippen molar-refractivity contribution in [3.05, 3.63) is 59.9 Å². The van der Waals surface area contributed by atoms with E-state index in [1.54, 1.807) is 6.92 Å². The average Bonchev–Trinajstić information content (AvgIpc) is 2.77. The van der Waals surface area contributed by atoms with Gasteiger partial charge in [-0.05, 0) is 61.2 Å². The van der Waals surface area contributed by atoms with E-state index >= 15 is 0 Å². The standard InChI is InChI=1S/C23H27FN2O4S/c1-4-15(2)17-5-9-19(10-6-17)25-21(27)13-30-23(29)16(3)31-14-22(28)26-20-11-7-18(24)8-12-20/h5-12,15-16H,4,13-14H2,1-3H3,(H,25,27)(H,26,28). The Bertz CT molecular complexity index is 887. The van der Waals surface area contributed by atoms with E-state index in [1.807, 2.05) is 24.3 Å². The topological polar surface area (TPSA) is 84.5 Å². The fourth-order valence-electron chi connectivity index (χ4n) is 2.58. The molecule has 2 aromatic rings. The van der Waals surface area contributed by atoms with Gasteiger partial charge in [0.1, 0.15) is 11.1 Å². The lowest BCUT2D eigenvalue weighted by Gasteiger charge is -2.12. The summed E-state index contributed by atoms with van der Waals surface area (Å²) in [4.78, 5) is 36.0. The highest BCUT2D eigenvalue weighted by Crippen LogP contribution is 2.20. The van der Waals surface area contributed by atoms with Gasteiger partial charge in [0, 0.05) is 11.4 Å². The van der Waals surface area contributed by atoms with Crippen LogP contribution in [0.15, 0.2) is 48.5 Å². The van der Waals surface area contributed by atoms with Crippen LogP contribution in [0.2, 0.25) is 0 Å². The van der Waals surface area contributed by atoms with Gasteiger partial charge in [-0.2, -0.15) is 0 Å². The molecule has 2 rings (SSSR count). The van der Waals surface area contributed by atoms with Gasteiger partial charge < -0.3 is 15.4 Å². The van der Waals surface area contributed by atoms with Crippen LogP contribution in [0, 0.1) is 5.82 Å². The summed E-state index contributed by atoms with van der Waals surface area (Å²) in [6.07, 6.45) is 1.03. The zero-order chi connectivity index (χ0) is 22.8. The molecule has 31 heavy (non-hydrogen) atoms. The third-order valence-electron chi connectivity index (χ3n) is 4.65. The molecular weight excluding hydrogens is 419 g/mol. The molecule has 0 aliphatic carbocycles. The molecule has 0 aliphatic heterocycles. The van der Waals surface area contributed by atoms with Gasteiger partial charge in [0.2, 0.25) is 5.91 Å². The molecule has 0 fully saturated rings. The van der Waals surface area contributed by atoms with Gasteiger partial charge in [-0.15, -0.1) is 11.8 Å². The van der Waals surface area contributed by atoms with Gasteiger partial charge in [0.25, 0.3) is 5.91 Å². The zero-order valence-corrected chi connectivity index (χ0v) is 18.6. The Morgan fingerprint density at radius 1 is 0.935 bits per heavy atom. The summed E-state index contributed by atoms with van der Waals surface area (Å²) >= 11 is 1.08. The quantitative estimate of drug-likeness (QED) is 0.522. The van der Waals surface area contributed by atoms with Crippen molar-refractivity contribution < 1.29 is 23.5 Å². The number of benzene rings is 2. The van der Waals surface area contributed by atoms with Crippen molar-refractivity contribution in [2.24, 2.45) is 0 Å². The zero-order valence-electron chi connectivity index (χ0n) is 17.8. The van der Waals surface area contributed by atoms with Crippen LogP contribution < -0.4 is 10.6 Å². The Morgan fingerprint density at radius 2 is 1.48 bits per heavy atom. The highest BCUT2D eigenvalue weighted by molar-refractivity contribution is 8.01. The molecule has 0 saturated carbocycles. The molecule has 2 N–H and O–H groups in total. The molecule has 0 saturated heterocycles. The molecule has 2 atom stereocenters. The maximum absolute atomic E-state index is 12.9. The Morgan fingerprint density at radius 3 is 2.06 bits per heavy atom. The molecule has 8 heteroatoms. The van der Waals surface area contributed by atoms with Crippen molar-refractivity contribution >= 4 is 40.9 Å². The van der Waals surface area contributed by atoms with Crippen molar-refractivity contribution in [2.75, 3.05) is 23.0 Å². The number of ether oxygens (including phenoxy) is 1. The highest BCUT2D eigenvalue weighted by atomic mass is 32.2. The molecule has 6 nitrogen and oxygen atoms in total. The van der Waals surface area contributed by atoms with Crippen LogP contribution in [0.25, 0.3) is 0 Å². The molecule has 166 valence electrons. The molecule has 0 spiro atoms. The van der Waals surface area contributed by atoms with E-state index in [-0.39, 0.29) is 11.7 Å². The molecule has 0 bridgehead atoms. The lowest BCUT2D eigenvalue weighted by Crippen LogP contribution is -2.26. The van der Waals surface area contributed by atoms with Crippen LogP contribution in [0.3, 0.4) is 0 Å². The van der Waals surface area contributed by atoms with Crippen LogP contribution in [0.4, 0.5) is 15.8 Å². The first-order valence-electron chi connectivity index (χ1n) is 10.0. The van der Waals surface area contributed by atoms with Crippen molar-refractivity contribution in [3.63, 3.8) is 0 Å². The third-order valence-corrected chi connectivity index (χ3v) is 5.77. The van der Waals surface area contributed by atoms with E-state index in [9.17, 15) is 18.8 Å². The number of nitrogens with one attached hydrogen (secondary N) is 2. The second kappa shape index (κ2) is 12.1. The minimum atomic E-state index is -0.624. The molecule has 0 radical (unpaired) electrons. The van der Waals surface area contributed by atoms with Gasteiger partial charge in [0.05, 0.1) is 5.75 Å². The summed E-state index contributed by atoms with van der Waals surface area (Å²) in [5.74, 6) is -1.27. The second-order valence-corrected chi connectivity index (χ2v) is 8.42. The number of esters is 1. The van der Waals surface area contributed by atoms with Crippen LogP contribution >= 0.6 is 11.8 Å². The Kier molecular flexibility index (Phi) is 9.52. The smallest absolute Gasteiger partial charge is 0.319 e. The van der Waals surface area contributed by atoms with Gasteiger partial charge >= 0.3 is 5.97 Å². The monoisotopic (exact) mass is 446 g/mol. The maximum atomic E-state index is 12.9. The van der Waals surface area contributed by atoms with E-state index in [0.717, 1.165) is 18.2 Å². The number of amides is 2. The van der Waals surface area contributed by atoms with Crippen LogP contribution in [0.1, 0.15) is 38.7 Å². The normalized spacial score (nSPS) is 12.5. The number of anilines is 2. The number of carbonyl (C=O) groups excluding carboxylic acids is 3. The number of hydrogen-bond acceptors (Lipinski definition) is 5. The SMILES string of the molecule is CCC(C)c1ccc(NC(=O)COC(=O)C(C)SCC(=O)Nc2ccc(F)cc2)cc1. The number of halogens is 1. The Labute approximate surface area is 185 Å².